The number of hydrazone groups is 1. The van der Waals surface area contributed by atoms with Crippen molar-refractivity contribution >= 4 is 23.5 Å². The molecule has 0 spiro atoms. The molecule has 1 rings (SSSR count). The lowest BCUT2D eigenvalue weighted by atomic mass is 10.2. The Morgan fingerprint density at radius 1 is 1.50 bits per heavy atom. The second-order valence-corrected chi connectivity index (χ2v) is 4.63. The van der Waals surface area contributed by atoms with Gasteiger partial charge in [-0.3, -0.25) is 5.43 Å². The van der Waals surface area contributed by atoms with E-state index in [0.717, 1.165) is 11.3 Å². The van der Waals surface area contributed by atoms with Crippen LogP contribution in [0.3, 0.4) is 0 Å². The van der Waals surface area contributed by atoms with E-state index in [9.17, 15) is 0 Å². The average Bonchev–Trinajstić information content (AvgIpc) is 2.36. The van der Waals surface area contributed by atoms with Gasteiger partial charge in [0.1, 0.15) is 5.75 Å². The van der Waals surface area contributed by atoms with Crippen molar-refractivity contribution in [3.63, 3.8) is 0 Å². The van der Waals surface area contributed by atoms with Crippen LogP contribution < -0.4 is 15.5 Å². The molecule has 18 heavy (non-hydrogen) atoms. The largest absolute Gasteiger partial charge is 0.493 e. The van der Waals surface area contributed by atoms with Crippen molar-refractivity contribution in [2.75, 3.05) is 13.7 Å². The molecular formula is C13H19N3OS. The Hall–Kier alpha value is -1.62. The summed E-state index contributed by atoms with van der Waals surface area (Å²) in [6, 6.07) is 7.77. The highest BCUT2D eigenvalue weighted by Gasteiger charge is 1.97. The molecule has 0 aliphatic carbocycles. The summed E-state index contributed by atoms with van der Waals surface area (Å²) in [7, 11) is 1.74. The third kappa shape index (κ3) is 5.63. The van der Waals surface area contributed by atoms with Crippen molar-refractivity contribution < 1.29 is 4.74 Å². The number of ether oxygens (including phenoxy) is 1. The summed E-state index contributed by atoms with van der Waals surface area (Å²) in [5.41, 5.74) is 3.66. The molecule has 0 atom stereocenters. The molecule has 4 nitrogen and oxygen atoms in total. The molecule has 0 aliphatic heterocycles. The third-order valence-electron chi connectivity index (χ3n) is 2.05. The molecule has 0 aromatic heterocycles. The molecule has 0 radical (unpaired) electrons. The summed E-state index contributed by atoms with van der Waals surface area (Å²) in [5, 5.41) is 7.28. The number of benzene rings is 1. The van der Waals surface area contributed by atoms with E-state index in [0.29, 0.717) is 17.6 Å². The number of rotatable bonds is 5. The van der Waals surface area contributed by atoms with Crippen LogP contribution in [0.15, 0.2) is 29.4 Å². The van der Waals surface area contributed by atoms with E-state index in [-0.39, 0.29) is 0 Å². The second-order valence-electron chi connectivity index (χ2n) is 4.23. The van der Waals surface area contributed by atoms with Gasteiger partial charge in [0.2, 0.25) is 0 Å². The molecular weight excluding hydrogens is 246 g/mol. The van der Waals surface area contributed by atoms with Gasteiger partial charge in [0, 0.05) is 7.05 Å². The van der Waals surface area contributed by atoms with Gasteiger partial charge >= 0.3 is 0 Å². The molecule has 5 heteroatoms. The van der Waals surface area contributed by atoms with Crippen LogP contribution in [0.2, 0.25) is 0 Å². The van der Waals surface area contributed by atoms with Crippen LogP contribution in [0.1, 0.15) is 19.4 Å². The Kier molecular flexibility index (Phi) is 6.14. The normalized spacial score (nSPS) is 10.7. The first kappa shape index (κ1) is 14.4. The molecule has 2 N–H and O–H groups in total. The highest BCUT2D eigenvalue weighted by atomic mass is 32.1. The van der Waals surface area contributed by atoms with Crippen LogP contribution >= 0.6 is 12.2 Å². The fraction of sp³-hybridized carbons (Fsp3) is 0.385. The first-order valence-corrected chi connectivity index (χ1v) is 6.26. The van der Waals surface area contributed by atoms with Crippen molar-refractivity contribution in [1.29, 1.82) is 0 Å². The first-order valence-electron chi connectivity index (χ1n) is 5.85. The van der Waals surface area contributed by atoms with Gasteiger partial charge in [-0.15, -0.1) is 0 Å². The van der Waals surface area contributed by atoms with Crippen LogP contribution in [0, 0.1) is 5.92 Å². The lowest BCUT2D eigenvalue weighted by molar-refractivity contribution is 0.271. The maximum atomic E-state index is 5.64. The number of nitrogens with one attached hydrogen (secondary N) is 2. The Balaban J connectivity index is 2.56. The predicted octanol–water partition coefficient (Wildman–Crippen LogP) is 2.15. The van der Waals surface area contributed by atoms with Gasteiger partial charge in [-0.1, -0.05) is 26.0 Å². The second kappa shape index (κ2) is 7.66. The van der Waals surface area contributed by atoms with Crippen molar-refractivity contribution in [3.05, 3.63) is 29.8 Å². The molecule has 0 bridgehead atoms. The zero-order chi connectivity index (χ0) is 13.4. The monoisotopic (exact) mass is 265 g/mol. The minimum Gasteiger partial charge on any atom is -0.493 e. The Morgan fingerprint density at radius 3 is 2.94 bits per heavy atom. The quantitative estimate of drug-likeness (QED) is 0.486. The fourth-order valence-corrected chi connectivity index (χ4v) is 1.22. The molecule has 0 heterocycles. The summed E-state index contributed by atoms with van der Waals surface area (Å²) in [6.45, 7) is 4.95. The third-order valence-corrected chi connectivity index (χ3v) is 2.34. The zero-order valence-corrected chi connectivity index (χ0v) is 11.8. The molecule has 0 saturated heterocycles. The molecule has 0 unspecified atom stereocenters. The molecule has 98 valence electrons. The summed E-state index contributed by atoms with van der Waals surface area (Å²) in [5.74, 6) is 1.36. The van der Waals surface area contributed by atoms with Crippen molar-refractivity contribution in [2.24, 2.45) is 11.0 Å². The van der Waals surface area contributed by atoms with Crippen molar-refractivity contribution in [1.82, 2.24) is 10.7 Å². The highest BCUT2D eigenvalue weighted by Crippen LogP contribution is 2.13. The molecule has 0 saturated carbocycles. The standard InChI is InChI=1S/C13H19N3OS/c1-10(2)9-17-12-6-4-5-11(7-12)8-15-16-13(18)14-3/h4-8,10H,9H2,1-3H3,(H2,14,16,18)/b15-8+. The van der Waals surface area contributed by atoms with Crippen LogP contribution in [-0.4, -0.2) is 25.0 Å². The Morgan fingerprint density at radius 2 is 2.28 bits per heavy atom. The van der Waals surface area contributed by atoms with E-state index in [1.165, 1.54) is 0 Å². The van der Waals surface area contributed by atoms with E-state index >= 15 is 0 Å². The first-order chi connectivity index (χ1) is 8.61. The lowest BCUT2D eigenvalue weighted by Gasteiger charge is -2.08. The topological polar surface area (TPSA) is 45.7 Å². The number of thiocarbonyl (C=S) groups is 1. The van der Waals surface area contributed by atoms with E-state index < -0.39 is 0 Å². The number of nitrogens with zero attached hydrogens (tertiary/aromatic N) is 1. The van der Waals surface area contributed by atoms with Gasteiger partial charge in [-0.25, -0.2) is 0 Å². The lowest BCUT2D eigenvalue weighted by Crippen LogP contribution is -2.28. The number of hydrogen-bond acceptors (Lipinski definition) is 3. The zero-order valence-electron chi connectivity index (χ0n) is 10.9. The van der Waals surface area contributed by atoms with Gasteiger partial charge in [-0.05, 0) is 35.8 Å². The van der Waals surface area contributed by atoms with Crippen LogP contribution in [0.5, 0.6) is 5.75 Å². The fourth-order valence-electron chi connectivity index (χ4n) is 1.17. The maximum absolute atomic E-state index is 5.64. The van der Waals surface area contributed by atoms with E-state index in [4.69, 9.17) is 17.0 Å². The summed E-state index contributed by atoms with van der Waals surface area (Å²) >= 11 is 4.91. The highest BCUT2D eigenvalue weighted by molar-refractivity contribution is 7.80. The van der Waals surface area contributed by atoms with Gasteiger partial charge in [0.15, 0.2) is 5.11 Å². The van der Waals surface area contributed by atoms with Crippen LogP contribution in [-0.2, 0) is 0 Å². The molecule has 0 amide bonds. The summed E-state index contributed by atoms with van der Waals surface area (Å²) < 4.78 is 5.64. The molecule has 0 fully saturated rings. The van der Waals surface area contributed by atoms with Gasteiger partial charge in [0.25, 0.3) is 0 Å². The SMILES string of the molecule is CNC(=S)N/N=C/c1cccc(OCC(C)C)c1. The van der Waals surface area contributed by atoms with Crippen LogP contribution in [0.25, 0.3) is 0 Å². The van der Waals surface area contributed by atoms with E-state index in [2.05, 4.69) is 29.7 Å². The van der Waals surface area contributed by atoms with Gasteiger partial charge in [0.05, 0.1) is 12.8 Å². The predicted molar refractivity (Wildman–Crippen MR) is 79.2 cm³/mol. The molecule has 1 aromatic rings. The van der Waals surface area contributed by atoms with Gasteiger partial charge in [-0.2, -0.15) is 5.10 Å². The minimum absolute atomic E-state index is 0.485. The summed E-state index contributed by atoms with van der Waals surface area (Å²) in [4.78, 5) is 0. The maximum Gasteiger partial charge on any atom is 0.186 e. The smallest absolute Gasteiger partial charge is 0.186 e. The van der Waals surface area contributed by atoms with Gasteiger partial charge < -0.3 is 10.1 Å². The summed E-state index contributed by atoms with van der Waals surface area (Å²) in [6.07, 6.45) is 1.70. The Bertz CT molecular complexity index is 418. The van der Waals surface area contributed by atoms with Crippen molar-refractivity contribution in [3.8, 4) is 5.75 Å². The molecule has 0 aliphatic rings. The average molecular weight is 265 g/mol. The van der Waals surface area contributed by atoms with E-state index in [1.54, 1.807) is 13.3 Å². The Labute approximate surface area is 113 Å². The van der Waals surface area contributed by atoms with Crippen molar-refractivity contribution in [2.45, 2.75) is 13.8 Å². The molecule has 1 aromatic carbocycles. The van der Waals surface area contributed by atoms with Crippen LogP contribution in [0.4, 0.5) is 0 Å². The minimum atomic E-state index is 0.485. The number of hydrogen-bond donors (Lipinski definition) is 2. The van der Waals surface area contributed by atoms with E-state index in [1.807, 2.05) is 24.3 Å².